The van der Waals surface area contributed by atoms with Crippen LogP contribution < -0.4 is 0 Å². The monoisotopic (exact) mass is 256 g/mol. The van der Waals surface area contributed by atoms with Gasteiger partial charge in [0.25, 0.3) is 0 Å². The Hall–Kier alpha value is -2.13. The van der Waals surface area contributed by atoms with Crippen LogP contribution in [0, 0.1) is 0 Å². The number of carbonyl (C=O) groups excluding carboxylic acids is 1. The SMILES string of the molecule is O=C(CC(O)Cc1ccccc1)c1ccc(O)cc1. The first-order valence-electron chi connectivity index (χ1n) is 6.19. The van der Waals surface area contributed by atoms with E-state index in [9.17, 15) is 9.90 Å². The number of ketones is 1. The van der Waals surface area contributed by atoms with Crippen molar-refractivity contribution in [2.75, 3.05) is 0 Å². The van der Waals surface area contributed by atoms with Crippen molar-refractivity contribution in [2.45, 2.75) is 18.9 Å². The van der Waals surface area contributed by atoms with Crippen LogP contribution in [0.3, 0.4) is 0 Å². The molecule has 2 aromatic carbocycles. The molecule has 98 valence electrons. The van der Waals surface area contributed by atoms with Crippen LogP contribution in [0.5, 0.6) is 5.75 Å². The van der Waals surface area contributed by atoms with E-state index in [4.69, 9.17) is 5.11 Å². The smallest absolute Gasteiger partial charge is 0.165 e. The van der Waals surface area contributed by atoms with E-state index in [-0.39, 0.29) is 18.0 Å². The van der Waals surface area contributed by atoms with Gasteiger partial charge in [-0.15, -0.1) is 0 Å². The van der Waals surface area contributed by atoms with E-state index in [1.807, 2.05) is 30.3 Å². The number of aliphatic hydroxyl groups excluding tert-OH is 1. The quantitative estimate of drug-likeness (QED) is 0.808. The molecular weight excluding hydrogens is 240 g/mol. The Kier molecular flexibility index (Phi) is 4.31. The second kappa shape index (κ2) is 6.16. The Labute approximate surface area is 112 Å². The van der Waals surface area contributed by atoms with E-state index in [1.165, 1.54) is 12.1 Å². The Balaban J connectivity index is 1.93. The van der Waals surface area contributed by atoms with Gasteiger partial charge in [0.05, 0.1) is 6.10 Å². The summed E-state index contributed by atoms with van der Waals surface area (Å²) >= 11 is 0. The number of phenolic OH excluding ortho intramolecular Hbond substituents is 1. The molecule has 0 saturated heterocycles. The zero-order valence-electron chi connectivity index (χ0n) is 10.5. The van der Waals surface area contributed by atoms with Crippen molar-refractivity contribution in [2.24, 2.45) is 0 Å². The lowest BCUT2D eigenvalue weighted by Crippen LogP contribution is -2.16. The molecule has 0 aliphatic carbocycles. The van der Waals surface area contributed by atoms with E-state index in [0.717, 1.165) is 5.56 Å². The molecule has 2 rings (SSSR count). The number of aromatic hydroxyl groups is 1. The molecule has 0 aliphatic rings. The van der Waals surface area contributed by atoms with Crippen molar-refractivity contribution in [1.29, 1.82) is 0 Å². The maximum atomic E-state index is 11.9. The molecule has 0 amide bonds. The summed E-state index contributed by atoms with van der Waals surface area (Å²) in [5.41, 5.74) is 1.51. The summed E-state index contributed by atoms with van der Waals surface area (Å²) in [6.07, 6.45) is -0.145. The topological polar surface area (TPSA) is 57.5 Å². The van der Waals surface area contributed by atoms with E-state index < -0.39 is 6.10 Å². The van der Waals surface area contributed by atoms with Gasteiger partial charge < -0.3 is 10.2 Å². The summed E-state index contributed by atoms with van der Waals surface area (Å²) < 4.78 is 0. The first-order chi connectivity index (χ1) is 9.15. The van der Waals surface area contributed by atoms with Gasteiger partial charge in [-0.05, 0) is 36.2 Å². The number of Topliss-reactive ketones (excluding diaryl/α,β-unsaturated/α-hetero) is 1. The third-order valence-corrected chi connectivity index (χ3v) is 2.92. The molecule has 0 heterocycles. The predicted molar refractivity (Wildman–Crippen MR) is 73.2 cm³/mol. The van der Waals surface area contributed by atoms with Crippen LogP contribution in [-0.2, 0) is 6.42 Å². The number of carbonyl (C=O) groups is 1. The van der Waals surface area contributed by atoms with E-state index in [2.05, 4.69) is 0 Å². The second-order valence-electron chi connectivity index (χ2n) is 4.52. The van der Waals surface area contributed by atoms with E-state index in [1.54, 1.807) is 12.1 Å². The molecule has 0 bridgehead atoms. The summed E-state index contributed by atoms with van der Waals surface area (Å²) in [5.74, 6) is 0.00446. The first-order valence-corrected chi connectivity index (χ1v) is 6.19. The van der Waals surface area contributed by atoms with E-state index in [0.29, 0.717) is 12.0 Å². The van der Waals surface area contributed by atoms with Gasteiger partial charge in [-0.25, -0.2) is 0 Å². The van der Waals surface area contributed by atoms with Crippen LogP contribution in [0.15, 0.2) is 54.6 Å². The van der Waals surface area contributed by atoms with E-state index >= 15 is 0 Å². The van der Waals surface area contributed by atoms with Gasteiger partial charge in [-0.3, -0.25) is 4.79 Å². The van der Waals surface area contributed by atoms with Crippen molar-refractivity contribution >= 4 is 5.78 Å². The second-order valence-corrected chi connectivity index (χ2v) is 4.52. The van der Waals surface area contributed by atoms with Crippen LogP contribution in [0.2, 0.25) is 0 Å². The molecule has 1 atom stereocenters. The van der Waals surface area contributed by atoms with Gasteiger partial charge in [-0.2, -0.15) is 0 Å². The maximum absolute atomic E-state index is 11.9. The lowest BCUT2D eigenvalue weighted by Gasteiger charge is -2.10. The fourth-order valence-corrected chi connectivity index (χ4v) is 1.94. The molecule has 19 heavy (non-hydrogen) atoms. The molecule has 0 spiro atoms. The third-order valence-electron chi connectivity index (χ3n) is 2.92. The minimum Gasteiger partial charge on any atom is -0.508 e. The fraction of sp³-hybridized carbons (Fsp3) is 0.188. The fourth-order valence-electron chi connectivity index (χ4n) is 1.94. The number of rotatable bonds is 5. The summed E-state index contributed by atoms with van der Waals surface area (Å²) in [6, 6.07) is 15.6. The van der Waals surface area contributed by atoms with Gasteiger partial charge in [0.1, 0.15) is 5.75 Å². The van der Waals surface area contributed by atoms with Crippen LogP contribution in [0.25, 0.3) is 0 Å². The predicted octanol–water partition coefficient (Wildman–Crippen LogP) is 2.57. The first kappa shape index (κ1) is 13.3. The van der Waals surface area contributed by atoms with Crippen molar-refractivity contribution < 1.29 is 15.0 Å². The molecule has 0 aliphatic heterocycles. The number of hydrogen-bond acceptors (Lipinski definition) is 3. The summed E-state index contributed by atoms with van der Waals surface area (Å²) in [7, 11) is 0. The van der Waals surface area contributed by atoms with Gasteiger partial charge >= 0.3 is 0 Å². The zero-order chi connectivity index (χ0) is 13.7. The van der Waals surface area contributed by atoms with Crippen LogP contribution >= 0.6 is 0 Å². The lowest BCUT2D eigenvalue weighted by molar-refractivity contribution is 0.0881. The van der Waals surface area contributed by atoms with Crippen molar-refractivity contribution in [1.82, 2.24) is 0 Å². The normalized spacial score (nSPS) is 12.1. The molecule has 0 fully saturated rings. The Bertz CT molecular complexity index is 532. The summed E-state index contributed by atoms with van der Waals surface area (Å²) in [5, 5.41) is 19.1. The molecule has 1 unspecified atom stereocenters. The van der Waals surface area contributed by atoms with Crippen molar-refractivity contribution in [3.63, 3.8) is 0 Å². The molecule has 2 N–H and O–H groups in total. The average molecular weight is 256 g/mol. The molecule has 0 aromatic heterocycles. The van der Waals surface area contributed by atoms with Gasteiger partial charge in [0, 0.05) is 12.0 Å². The number of aliphatic hydroxyl groups is 1. The van der Waals surface area contributed by atoms with Crippen LogP contribution in [-0.4, -0.2) is 22.1 Å². The molecule has 3 nitrogen and oxygen atoms in total. The van der Waals surface area contributed by atoms with Gasteiger partial charge in [-0.1, -0.05) is 30.3 Å². The lowest BCUT2D eigenvalue weighted by atomic mass is 10.0. The number of phenols is 1. The summed E-state index contributed by atoms with van der Waals surface area (Å²) in [6.45, 7) is 0. The standard InChI is InChI=1S/C16H16O3/c17-14-8-6-13(7-9-14)16(19)11-15(18)10-12-4-2-1-3-5-12/h1-9,15,17-18H,10-11H2. The molecule has 0 saturated carbocycles. The van der Waals surface area contributed by atoms with Crippen LogP contribution in [0.1, 0.15) is 22.3 Å². The highest BCUT2D eigenvalue weighted by molar-refractivity contribution is 5.96. The molecule has 3 heteroatoms. The third kappa shape index (κ3) is 3.93. The number of hydrogen-bond donors (Lipinski definition) is 2. The molecule has 0 radical (unpaired) electrons. The zero-order valence-corrected chi connectivity index (χ0v) is 10.5. The maximum Gasteiger partial charge on any atom is 0.165 e. The number of benzene rings is 2. The minimum atomic E-state index is -0.691. The van der Waals surface area contributed by atoms with Gasteiger partial charge in [0.15, 0.2) is 5.78 Å². The largest absolute Gasteiger partial charge is 0.508 e. The highest BCUT2D eigenvalue weighted by Crippen LogP contribution is 2.13. The Morgan fingerprint density at radius 1 is 1.00 bits per heavy atom. The van der Waals surface area contributed by atoms with Crippen LogP contribution in [0.4, 0.5) is 0 Å². The van der Waals surface area contributed by atoms with Crippen molar-refractivity contribution in [3.05, 3.63) is 65.7 Å². The molecule has 2 aromatic rings. The Morgan fingerprint density at radius 3 is 2.26 bits per heavy atom. The highest BCUT2D eigenvalue weighted by Gasteiger charge is 2.13. The van der Waals surface area contributed by atoms with Crippen molar-refractivity contribution in [3.8, 4) is 5.75 Å². The molecular formula is C16H16O3. The average Bonchev–Trinajstić information content (AvgIpc) is 2.40. The minimum absolute atomic E-state index is 0.0830. The van der Waals surface area contributed by atoms with Gasteiger partial charge in [0.2, 0.25) is 0 Å². The Morgan fingerprint density at radius 2 is 1.63 bits per heavy atom. The highest BCUT2D eigenvalue weighted by atomic mass is 16.3. The summed E-state index contributed by atoms with van der Waals surface area (Å²) in [4.78, 5) is 11.9.